The van der Waals surface area contributed by atoms with Crippen LogP contribution in [-0.4, -0.2) is 68.7 Å². The first kappa shape index (κ1) is 24.6. The topological polar surface area (TPSA) is 199 Å². The second-order valence-corrected chi connectivity index (χ2v) is 7.92. The number of nitrogens with zero attached hydrogens (tertiary/aromatic N) is 4. The van der Waals surface area contributed by atoms with Gasteiger partial charge in [0.05, 0.1) is 29.3 Å². The zero-order chi connectivity index (χ0) is 24.5. The Bertz CT molecular complexity index is 1040. The Hall–Kier alpha value is -4.00. The average molecular weight is 472 g/mol. The Balaban J connectivity index is 1.56. The minimum atomic E-state index is -0.516. The Morgan fingerprint density at radius 1 is 1.38 bits per heavy atom. The SMILES string of the molecule is N=C(N)N(CCCNc1ccc(C2=NNC(=O)CC2CO)cc1[N+](=O)[O-])CCCc1c[nH]cn1. The molecule has 1 amide bonds. The lowest BCUT2D eigenvalue weighted by Crippen LogP contribution is -2.38. The molecule has 182 valence electrons. The molecule has 7 N–H and O–H groups in total. The molecule has 3 rings (SSSR count). The summed E-state index contributed by atoms with van der Waals surface area (Å²) < 4.78 is 0. The number of benzene rings is 1. The van der Waals surface area contributed by atoms with Crippen molar-refractivity contribution in [1.29, 1.82) is 5.41 Å². The van der Waals surface area contributed by atoms with Crippen LogP contribution >= 0.6 is 0 Å². The minimum absolute atomic E-state index is 0.0175. The summed E-state index contributed by atoms with van der Waals surface area (Å²) in [6.45, 7) is 1.30. The molecule has 0 radical (unpaired) electrons. The largest absolute Gasteiger partial charge is 0.396 e. The number of hydrogen-bond donors (Lipinski definition) is 6. The van der Waals surface area contributed by atoms with Gasteiger partial charge in [0.15, 0.2) is 5.96 Å². The van der Waals surface area contributed by atoms with Gasteiger partial charge in [0, 0.05) is 49.8 Å². The van der Waals surface area contributed by atoms with Gasteiger partial charge in [-0.05, 0) is 25.3 Å². The van der Waals surface area contributed by atoms with Gasteiger partial charge in [-0.3, -0.25) is 20.3 Å². The molecule has 1 aliphatic heterocycles. The van der Waals surface area contributed by atoms with Crippen LogP contribution in [0.5, 0.6) is 0 Å². The van der Waals surface area contributed by atoms with Gasteiger partial charge in [0.2, 0.25) is 5.91 Å². The monoisotopic (exact) mass is 471 g/mol. The average Bonchev–Trinajstić information content (AvgIpc) is 3.34. The molecule has 1 aliphatic rings. The van der Waals surface area contributed by atoms with Crippen LogP contribution in [0.25, 0.3) is 0 Å². The lowest BCUT2D eigenvalue weighted by molar-refractivity contribution is -0.384. The number of hydrogen-bond acceptors (Lipinski definition) is 8. The fraction of sp³-hybridized carbons (Fsp3) is 0.429. The number of nitro benzene ring substituents is 1. The number of hydrazone groups is 1. The highest BCUT2D eigenvalue weighted by Crippen LogP contribution is 2.28. The number of nitro groups is 1. The molecule has 13 nitrogen and oxygen atoms in total. The van der Waals surface area contributed by atoms with Gasteiger partial charge < -0.3 is 26.0 Å². The minimum Gasteiger partial charge on any atom is -0.396 e. The first-order valence-electron chi connectivity index (χ1n) is 11.0. The fourth-order valence-electron chi connectivity index (χ4n) is 3.75. The highest BCUT2D eigenvalue weighted by atomic mass is 16.6. The summed E-state index contributed by atoms with van der Waals surface area (Å²) in [5.74, 6) is -0.842. The molecule has 0 fully saturated rings. The number of guanidine groups is 1. The molecule has 1 unspecified atom stereocenters. The Kier molecular flexibility index (Phi) is 8.51. The molecule has 1 atom stereocenters. The number of carbonyl (C=O) groups is 1. The van der Waals surface area contributed by atoms with E-state index in [1.807, 2.05) is 6.20 Å². The summed E-state index contributed by atoms with van der Waals surface area (Å²) in [5, 5.41) is 36.1. The second kappa shape index (κ2) is 11.7. The van der Waals surface area contributed by atoms with E-state index in [4.69, 9.17) is 11.1 Å². The van der Waals surface area contributed by atoms with E-state index in [-0.39, 0.29) is 30.6 Å². The van der Waals surface area contributed by atoms with Crippen molar-refractivity contribution in [2.75, 3.05) is 31.6 Å². The van der Waals surface area contributed by atoms with E-state index in [1.54, 1.807) is 23.4 Å². The summed E-state index contributed by atoms with van der Waals surface area (Å²) in [4.78, 5) is 31.5. The molecule has 0 bridgehead atoms. The van der Waals surface area contributed by atoms with Crippen LogP contribution in [0.1, 0.15) is 30.5 Å². The maximum atomic E-state index is 11.7. The van der Waals surface area contributed by atoms with E-state index in [1.165, 1.54) is 6.07 Å². The van der Waals surface area contributed by atoms with Crippen LogP contribution in [0, 0.1) is 21.4 Å². The molecule has 13 heteroatoms. The van der Waals surface area contributed by atoms with Gasteiger partial charge in [-0.15, -0.1) is 0 Å². The van der Waals surface area contributed by atoms with Crippen LogP contribution in [0.3, 0.4) is 0 Å². The molecule has 1 aromatic carbocycles. The molecule has 0 saturated carbocycles. The highest BCUT2D eigenvalue weighted by molar-refractivity contribution is 6.06. The van der Waals surface area contributed by atoms with Crippen molar-refractivity contribution in [1.82, 2.24) is 20.3 Å². The standard InChI is InChI=1S/C21H29N9O4/c22-21(23)29(7-1-3-16-11-24-13-26-16)8-2-6-25-17-5-4-14(9-18(17)30(33)34)20-15(12-31)10-19(32)27-28-20/h4-5,9,11,13,15,25,31H,1-3,6-8,10,12H2,(H3,22,23)(H,24,26)(H,27,32). The number of aromatic nitrogens is 2. The quantitative estimate of drug-likeness (QED) is 0.0857. The van der Waals surface area contributed by atoms with Crippen molar-refractivity contribution < 1.29 is 14.8 Å². The predicted molar refractivity (Wildman–Crippen MR) is 126 cm³/mol. The summed E-state index contributed by atoms with van der Waals surface area (Å²) in [6.07, 6.45) is 5.71. The van der Waals surface area contributed by atoms with Crippen molar-refractivity contribution in [3.8, 4) is 0 Å². The Morgan fingerprint density at radius 3 is 2.85 bits per heavy atom. The summed E-state index contributed by atoms with van der Waals surface area (Å²) in [7, 11) is 0. The first-order valence-corrected chi connectivity index (χ1v) is 11.0. The number of nitrogens with one attached hydrogen (secondary N) is 4. The maximum Gasteiger partial charge on any atom is 0.292 e. The van der Waals surface area contributed by atoms with Gasteiger partial charge in [0.25, 0.3) is 5.69 Å². The predicted octanol–water partition coefficient (Wildman–Crippen LogP) is 0.781. The Labute approximate surface area is 196 Å². The molecule has 0 saturated heterocycles. The van der Waals surface area contributed by atoms with E-state index in [9.17, 15) is 20.0 Å². The van der Waals surface area contributed by atoms with E-state index >= 15 is 0 Å². The lowest BCUT2D eigenvalue weighted by Gasteiger charge is -2.22. The number of aromatic amines is 1. The van der Waals surface area contributed by atoms with Gasteiger partial charge in [0.1, 0.15) is 5.69 Å². The Morgan fingerprint density at radius 2 is 2.18 bits per heavy atom. The zero-order valence-electron chi connectivity index (χ0n) is 18.7. The lowest BCUT2D eigenvalue weighted by atomic mass is 9.92. The molecule has 34 heavy (non-hydrogen) atoms. The zero-order valence-corrected chi connectivity index (χ0v) is 18.7. The van der Waals surface area contributed by atoms with Crippen molar-refractivity contribution in [2.45, 2.75) is 25.7 Å². The smallest absolute Gasteiger partial charge is 0.292 e. The fourth-order valence-corrected chi connectivity index (χ4v) is 3.75. The molecule has 0 spiro atoms. The van der Waals surface area contributed by atoms with Crippen molar-refractivity contribution in [3.63, 3.8) is 0 Å². The summed E-state index contributed by atoms with van der Waals surface area (Å²) in [5.41, 5.74) is 10.1. The number of nitrogens with two attached hydrogens (primary N) is 1. The third-order valence-electron chi connectivity index (χ3n) is 5.51. The van der Waals surface area contributed by atoms with Gasteiger partial charge >= 0.3 is 0 Å². The molecular formula is C21H29N9O4. The number of H-pyrrole nitrogens is 1. The van der Waals surface area contributed by atoms with Crippen LogP contribution in [0.4, 0.5) is 11.4 Å². The van der Waals surface area contributed by atoms with Gasteiger partial charge in [-0.1, -0.05) is 6.07 Å². The number of aliphatic hydroxyl groups excluding tert-OH is 1. The second-order valence-electron chi connectivity index (χ2n) is 7.92. The van der Waals surface area contributed by atoms with E-state index < -0.39 is 10.8 Å². The molecule has 2 aromatic rings. The van der Waals surface area contributed by atoms with E-state index in [0.29, 0.717) is 43.0 Å². The molecular weight excluding hydrogens is 442 g/mol. The normalized spacial score (nSPS) is 15.4. The van der Waals surface area contributed by atoms with Crippen molar-refractivity contribution in [3.05, 3.63) is 52.1 Å². The number of carbonyl (C=O) groups excluding carboxylic acids is 1. The van der Waals surface area contributed by atoms with Gasteiger partial charge in [-0.25, -0.2) is 10.4 Å². The molecule has 0 aliphatic carbocycles. The molecule has 1 aromatic heterocycles. The molecule has 2 heterocycles. The van der Waals surface area contributed by atoms with Crippen molar-refractivity contribution >= 4 is 29.0 Å². The van der Waals surface area contributed by atoms with Crippen LogP contribution in [0.2, 0.25) is 0 Å². The summed E-state index contributed by atoms with van der Waals surface area (Å²) >= 11 is 0. The highest BCUT2D eigenvalue weighted by Gasteiger charge is 2.27. The van der Waals surface area contributed by atoms with Crippen LogP contribution in [-0.2, 0) is 11.2 Å². The number of amides is 1. The van der Waals surface area contributed by atoms with Crippen LogP contribution in [0.15, 0.2) is 35.8 Å². The maximum absolute atomic E-state index is 11.7. The number of rotatable bonds is 12. The van der Waals surface area contributed by atoms with Gasteiger partial charge in [-0.2, -0.15) is 5.10 Å². The van der Waals surface area contributed by atoms with Crippen LogP contribution < -0.4 is 16.5 Å². The third kappa shape index (κ3) is 6.51. The third-order valence-corrected chi connectivity index (χ3v) is 5.51. The number of imidazole rings is 1. The number of aryl methyl sites for hydroxylation is 1. The van der Waals surface area contributed by atoms with E-state index in [0.717, 1.165) is 18.5 Å². The summed E-state index contributed by atoms with van der Waals surface area (Å²) in [6, 6.07) is 4.65. The van der Waals surface area contributed by atoms with Crippen molar-refractivity contribution in [2.24, 2.45) is 16.8 Å². The first-order chi connectivity index (χ1) is 16.4. The number of aliphatic hydroxyl groups is 1. The van der Waals surface area contributed by atoms with E-state index in [2.05, 4.69) is 25.8 Å². The number of anilines is 1.